The van der Waals surface area contributed by atoms with Gasteiger partial charge in [0.1, 0.15) is 0 Å². The number of nitrogen functional groups attached to an aromatic ring is 1. The SMILES string of the molecule is Cc1cc(NN)cc(C)c1S(=O)(=O)Nc1cccnc1C. The van der Waals surface area contributed by atoms with Crippen molar-refractivity contribution < 1.29 is 8.42 Å². The van der Waals surface area contributed by atoms with Crippen molar-refractivity contribution >= 4 is 21.4 Å². The van der Waals surface area contributed by atoms with Crippen LogP contribution in [0.2, 0.25) is 0 Å². The normalized spacial score (nSPS) is 11.2. The fourth-order valence-electron chi connectivity index (χ4n) is 2.25. The summed E-state index contributed by atoms with van der Waals surface area (Å²) in [7, 11) is -3.68. The molecule has 21 heavy (non-hydrogen) atoms. The summed E-state index contributed by atoms with van der Waals surface area (Å²) >= 11 is 0. The van der Waals surface area contributed by atoms with E-state index in [1.165, 1.54) is 0 Å². The zero-order valence-electron chi connectivity index (χ0n) is 12.1. The molecule has 1 heterocycles. The molecule has 6 nitrogen and oxygen atoms in total. The Morgan fingerprint density at radius 2 is 1.76 bits per heavy atom. The van der Waals surface area contributed by atoms with Crippen LogP contribution in [0.15, 0.2) is 35.4 Å². The third kappa shape index (κ3) is 3.14. The summed E-state index contributed by atoms with van der Waals surface area (Å²) in [5.74, 6) is 5.37. The fraction of sp³-hybridized carbons (Fsp3) is 0.214. The molecule has 7 heteroatoms. The van der Waals surface area contributed by atoms with Crippen LogP contribution in [-0.2, 0) is 10.0 Å². The van der Waals surface area contributed by atoms with E-state index < -0.39 is 10.0 Å². The topological polar surface area (TPSA) is 97.1 Å². The second kappa shape index (κ2) is 5.71. The average molecular weight is 306 g/mol. The molecule has 2 aromatic rings. The Labute approximate surface area is 124 Å². The molecule has 112 valence electrons. The summed E-state index contributed by atoms with van der Waals surface area (Å²) in [5, 5.41) is 0. The van der Waals surface area contributed by atoms with Crippen LogP contribution in [0, 0.1) is 20.8 Å². The van der Waals surface area contributed by atoms with E-state index in [4.69, 9.17) is 5.84 Å². The van der Waals surface area contributed by atoms with Gasteiger partial charge in [-0.15, -0.1) is 0 Å². The smallest absolute Gasteiger partial charge is 0.262 e. The summed E-state index contributed by atoms with van der Waals surface area (Å²) in [6.07, 6.45) is 1.62. The van der Waals surface area contributed by atoms with Crippen molar-refractivity contribution in [1.29, 1.82) is 0 Å². The average Bonchev–Trinajstić information content (AvgIpc) is 2.40. The highest BCUT2D eigenvalue weighted by molar-refractivity contribution is 7.92. The van der Waals surface area contributed by atoms with Crippen molar-refractivity contribution in [3.8, 4) is 0 Å². The van der Waals surface area contributed by atoms with Crippen molar-refractivity contribution in [2.45, 2.75) is 25.7 Å². The Morgan fingerprint density at radius 3 is 2.29 bits per heavy atom. The molecule has 1 aromatic heterocycles. The Morgan fingerprint density at radius 1 is 1.14 bits per heavy atom. The van der Waals surface area contributed by atoms with Crippen molar-refractivity contribution in [1.82, 2.24) is 4.98 Å². The Kier molecular flexibility index (Phi) is 4.15. The van der Waals surface area contributed by atoms with E-state index in [9.17, 15) is 8.42 Å². The first-order valence-corrected chi connectivity index (χ1v) is 7.86. The number of aryl methyl sites for hydroxylation is 3. The lowest BCUT2D eigenvalue weighted by atomic mass is 10.1. The molecular formula is C14H18N4O2S. The van der Waals surface area contributed by atoms with Crippen molar-refractivity contribution in [2.24, 2.45) is 5.84 Å². The third-order valence-corrected chi connectivity index (χ3v) is 4.82. The summed E-state index contributed by atoms with van der Waals surface area (Å²) < 4.78 is 27.8. The molecule has 0 saturated carbocycles. The van der Waals surface area contributed by atoms with Gasteiger partial charge in [0, 0.05) is 11.9 Å². The molecule has 1 aromatic carbocycles. The number of benzene rings is 1. The lowest BCUT2D eigenvalue weighted by molar-refractivity contribution is 0.600. The molecule has 0 bridgehead atoms. The van der Waals surface area contributed by atoms with Gasteiger partial charge in [-0.25, -0.2) is 8.42 Å². The van der Waals surface area contributed by atoms with Gasteiger partial charge >= 0.3 is 0 Å². The molecule has 2 rings (SSSR count). The molecule has 0 amide bonds. The second-order valence-electron chi connectivity index (χ2n) is 4.83. The number of hydrazine groups is 1. The standard InChI is InChI=1S/C14H18N4O2S/c1-9-7-12(17-15)8-10(2)14(9)21(19,20)18-13-5-4-6-16-11(13)3/h4-8,17-18H,15H2,1-3H3. The number of hydrogen-bond donors (Lipinski definition) is 3. The van der Waals surface area contributed by atoms with Gasteiger partial charge in [0.15, 0.2) is 0 Å². The molecule has 0 unspecified atom stereocenters. The van der Waals surface area contributed by atoms with Gasteiger partial charge in [-0.05, 0) is 56.2 Å². The zero-order chi connectivity index (χ0) is 15.6. The number of nitrogens with one attached hydrogen (secondary N) is 2. The number of pyridine rings is 1. The van der Waals surface area contributed by atoms with Crippen LogP contribution in [0.4, 0.5) is 11.4 Å². The molecule has 0 spiro atoms. The van der Waals surface area contributed by atoms with Gasteiger partial charge in [0.05, 0.1) is 16.3 Å². The summed E-state index contributed by atoms with van der Waals surface area (Å²) in [6.45, 7) is 5.22. The van der Waals surface area contributed by atoms with Gasteiger partial charge < -0.3 is 5.43 Å². The highest BCUT2D eigenvalue weighted by Gasteiger charge is 2.21. The van der Waals surface area contributed by atoms with Crippen LogP contribution >= 0.6 is 0 Å². The van der Waals surface area contributed by atoms with Gasteiger partial charge in [0.2, 0.25) is 0 Å². The van der Waals surface area contributed by atoms with Crippen LogP contribution < -0.4 is 16.0 Å². The zero-order valence-corrected chi connectivity index (χ0v) is 13.0. The number of sulfonamides is 1. The van der Waals surface area contributed by atoms with Crippen LogP contribution in [-0.4, -0.2) is 13.4 Å². The van der Waals surface area contributed by atoms with E-state index in [-0.39, 0.29) is 4.90 Å². The molecule has 0 aliphatic carbocycles. The number of nitrogens with zero attached hydrogens (tertiary/aromatic N) is 1. The maximum absolute atomic E-state index is 12.6. The van der Waals surface area contributed by atoms with Gasteiger partial charge in [-0.2, -0.15) is 0 Å². The molecular weight excluding hydrogens is 288 g/mol. The lowest BCUT2D eigenvalue weighted by Crippen LogP contribution is -2.17. The Balaban J connectivity index is 2.48. The Bertz CT molecular complexity index is 749. The van der Waals surface area contributed by atoms with Gasteiger partial charge in [-0.3, -0.25) is 15.5 Å². The predicted molar refractivity (Wildman–Crippen MR) is 83.5 cm³/mol. The van der Waals surface area contributed by atoms with Gasteiger partial charge in [-0.1, -0.05) is 0 Å². The molecule has 0 fully saturated rings. The first-order chi connectivity index (χ1) is 9.85. The van der Waals surface area contributed by atoms with Crippen LogP contribution in [0.5, 0.6) is 0 Å². The van der Waals surface area contributed by atoms with Crippen LogP contribution in [0.25, 0.3) is 0 Å². The van der Waals surface area contributed by atoms with E-state index in [1.54, 1.807) is 51.2 Å². The van der Waals surface area contributed by atoms with E-state index >= 15 is 0 Å². The minimum atomic E-state index is -3.68. The molecule has 4 N–H and O–H groups in total. The number of aromatic nitrogens is 1. The number of nitrogens with two attached hydrogens (primary N) is 1. The minimum Gasteiger partial charge on any atom is -0.324 e. The number of anilines is 2. The first-order valence-electron chi connectivity index (χ1n) is 6.37. The van der Waals surface area contributed by atoms with Crippen LogP contribution in [0.1, 0.15) is 16.8 Å². The summed E-state index contributed by atoms with van der Waals surface area (Å²) in [5.41, 5.74) is 5.52. The molecule has 0 radical (unpaired) electrons. The second-order valence-corrected chi connectivity index (χ2v) is 6.44. The highest BCUT2D eigenvalue weighted by atomic mass is 32.2. The highest BCUT2D eigenvalue weighted by Crippen LogP contribution is 2.26. The molecule has 0 saturated heterocycles. The summed E-state index contributed by atoms with van der Waals surface area (Å²) in [6, 6.07) is 6.75. The van der Waals surface area contributed by atoms with Crippen molar-refractivity contribution in [2.75, 3.05) is 10.1 Å². The van der Waals surface area contributed by atoms with Crippen molar-refractivity contribution in [3.63, 3.8) is 0 Å². The van der Waals surface area contributed by atoms with E-state index in [0.717, 1.165) is 0 Å². The maximum Gasteiger partial charge on any atom is 0.262 e. The largest absolute Gasteiger partial charge is 0.324 e. The summed E-state index contributed by atoms with van der Waals surface area (Å²) in [4.78, 5) is 4.33. The van der Waals surface area contributed by atoms with Crippen LogP contribution in [0.3, 0.4) is 0 Å². The number of rotatable bonds is 4. The molecule has 0 aliphatic rings. The lowest BCUT2D eigenvalue weighted by Gasteiger charge is -2.15. The quantitative estimate of drug-likeness (QED) is 0.593. The maximum atomic E-state index is 12.6. The molecule has 0 aliphatic heterocycles. The number of hydrogen-bond acceptors (Lipinski definition) is 5. The third-order valence-electron chi connectivity index (χ3n) is 3.15. The Hall–Kier alpha value is -2.12. The first kappa shape index (κ1) is 15.3. The van der Waals surface area contributed by atoms with E-state index in [0.29, 0.717) is 28.2 Å². The fourth-order valence-corrected chi connectivity index (χ4v) is 3.82. The van der Waals surface area contributed by atoms with Gasteiger partial charge in [0.25, 0.3) is 10.0 Å². The molecule has 0 atom stereocenters. The monoisotopic (exact) mass is 306 g/mol. The van der Waals surface area contributed by atoms with Crippen molar-refractivity contribution in [3.05, 3.63) is 47.3 Å². The van der Waals surface area contributed by atoms with E-state index in [2.05, 4.69) is 15.1 Å². The predicted octanol–water partition coefficient (Wildman–Crippen LogP) is 2.09. The van der Waals surface area contributed by atoms with E-state index in [1.807, 2.05) is 0 Å². The minimum absolute atomic E-state index is 0.254.